The molecule has 0 saturated carbocycles. The second kappa shape index (κ2) is 5.25. The van der Waals surface area contributed by atoms with Crippen molar-refractivity contribution >= 4 is 17.5 Å². The molecular formula is C16H13ClFNO. The maximum Gasteiger partial charge on any atom is 0.253 e. The summed E-state index contributed by atoms with van der Waals surface area (Å²) in [5.41, 5.74) is 2.72. The monoisotopic (exact) mass is 289 g/mol. The Morgan fingerprint density at radius 3 is 2.85 bits per heavy atom. The van der Waals surface area contributed by atoms with Gasteiger partial charge in [0, 0.05) is 0 Å². The number of hydrogen-bond acceptors (Lipinski definition) is 1. The van der Waals surface area contributed by atoms with Crippen molar-refractivity contribution in [1.82, 2.24) is 5.32 Å². The van der Waals surface area contributed by atoms with Gasteiger partial charge in [-0.15, -0.1) is 0 Å². The lowest BCUT2D eigenvalue weighted by atomic mass is 10.1. The van der Waals surface area contributed by atoms with E-state index in [0.29, 0.717) is 5.56 Å². The van der Waals surface area contributed by atoms with Gasteiger partial charge in [-0.1, -0.05) is 35.9 Å². The van der Waals surface area contributed by atoms with E-state index in [0.717, 1.165) is 24.5 Å². The predicted octanol–water partition coefficient (Wildman–Crippen LogP) is 3.90. The van der Waals surface area contributed by atoms with Gasteiger partial charge in [0.2, 0.25) is 0 Å². The van der Waals surface area contributed by atoms with E-state index in [4.69, 9.17) is 11.6 Å². The van der Waals surface area contributed by atoms with E-state index in [-0.39, 0.29) is 17.0 Å². The van der Waals surface area contributed by atoms with Crippen molar-refractivity contribution in [1.29, 1.82) is 0 Å². The quantitative estimate of drug-likeness (QED) is 0.893. The van der Waals surface area contributed by atoms with E-state index >= 15 is 0 Å². The summed E-state index contributed by atoms with van der Waals surface area (Å²) >= 11 is 5.91. The van der Waals surface area contributed by atoms with Crippen molar-refractivity contribution in [2.75, 3.05) is 0 Å². The molecule has 2 aromatic rings. The highest BCUT2D eigenvalue weighted by Crippen LogP contribution is 2.31. The highest BCUT2D eigenvalue weighted by molar-refractivity contribution is 6.33. The molecule has 0 heterocycles. The SMILES string of the molecule is O=C(NC1CCc2ccccc21)c1ccc(F)cc1Cl. The van der Waals surface area contributed by atoms with Crippen molar-refractivity contribution in [2.24, 2.45) is 0 Å². The van der Waals surface area contributed by atoms with E-state index in [1.807, 2.05) is 18.2 Å². The molecule has 102 valence electrons. The van der Waals surface area contributed by atoms with Gasteiger partial charge in [-0.25, -0.2) is 4.39 Å². The number of aryl methyl sites for hydroxylation is 1. The standard InChI is InChI=1S/C16H13ClFNO/c17-14-9-11(18)6-7-13(14)16(20)19-15-8-5-10-3-1-2-4-12(10)15/h1-4,6-7,9,15H,5,8H2,(H,19,20). The zero-order chi connectivity index (χ0) is 14.1. The third-order valence-corrected chi connectivity index (χ3v) is 3.93. The summed E-state index contributed by atoms with van der Waals surface area (Å²) in [5, 5.41) is 3.10. The molecule has 0 saturated heterocycles. The molecule has 0 spiro atoms. The largest absolute Gasteiger partial charge is 0.345 e. The fourth-order valence-corrected chi connectivity index (χ4v) is 2.87. The first-order chi connectivity index (χ1) is 9.65. The lowest BCUT2D eigenvalue weighted by molar-refractivity contribution is 0.0937. The van der Waals surface area contributed by atoms with Crippen molar-refractivity contribution in [3.8, 4) is 0 Å². The van der Waals surface area contributed by atoms with Gasteiger partial charge in [0.25, 0.3) is 5.91 Å². The highest BCUT2D eigenvalue weighted by Gasteiger charge is 2.24. The second-order valence-electron chi connectivity index (χ2n) is 4.89. The van der Waals surface area contributed by atoms with Crippen LogP contribution in [0, 0.1) is 5.82 Å². The van der Waals surface area contributed by atoms with Crippen molar-refractivity contribution in [3.05, 3.63) is 70.0 Å². The molecule has 0 aliphatic heterocycles. The van der Waals surface area contributed by atoms with Crippen LogP contribution in [0.25, 0.3) is 0 Å². The number of hydrogen-bond donors (Lipinski definition) is 1. The first-order valence-corrected chi connectivity index (χ1v) is 6.86. The number of benzene rings is 2. The normalized spacial score (nSPS) is 16.8. The van der Waals surface area contributed by atoms with Crippen LogP contribution in [0.3, 0.4) is 0 Å². The van der Waals surface area contributed by atoms with Gasteiger partial charge < -0.3 is 5.32 Å². The van der Waals surface area contributed by atoms with Crippen molar-refractivity contribution < 1.29 is 9.18 Å². The first kappa shape index (κ1) is 13.1. The number of rotatable bonds is 2. The van der Waals surface area contributed by atoms with Crippen LogP contribution in [0.2, 0.25) is 5.02 Å². The van der Waals surface area contributed by atoms with E-state index in [1.54, 1.807) is 0 Å². The molecule has 1 aliphatic carbocycles. The molecule has 4 heteroatoms. The molecule has 0 fully saturated rings. The predicted molar refractivity (Wildman–Crippen MR) is 76.4 cm³/mol. The molecule has 0 radical (unpaired) electrons. The Labute approximate surface area is 121 Å². The molecule has 2 aromatic carbocycles. The summed E-state index contributed by atoms with van der Waals surface area (Å²) in [6.07, 6.45) is 1.84. The fourth-order valence-electron chi connectivity index (χ4n) is 2.62. The van der Waals surface area contributed by atoms with Crippen LogP contribution in [0.5, 0.6) is 0 Å². The Balaban J connectivity index is 1.81. The first-order valence-electron chi connectivity index (χ1n) is 6.49. The molecule has 0 aromatic heterocycles. The Morgan fingerprint density at radius 2 is 2.05 bits per heavy atom. The van der Waals surface area contributed by atoms with Crippen LogP contribution in [-0.4, -0.2) is 5.91 Å². The van der Waals surface area contributed by atoms with Gasteiger partial charge in [0.1, 0.15) is 5.82 Å². The Kier molecular flexibility index (Phi) is 3.45. The van der Waals surface area contributed by atoms with Crippen LogP contribution in [-0.2, 0) is 6.42 Å². The average Bonchev–Trinajstić information content (AvgIpc) is 2.82. The number of fused-ring (bicyclic) bond motifs is 1. The van der Waals surface area contributed by atoms with Gasteiger partial charge >= 0.3 is 0 Å². The molecule has 1 amide bonds. The van der Waals surface area contributed by atoms with E-state index in [9.17, 15) is 9.18 Å². The van der Waals surface area contributed by atoms with Gasteiger partial charge in [-0.2, -0.15) is 0 Å². The molecule has 1 atom stereocenters. The zero-order valence-corrected chi connectivity index (χ0v) is 11.5. The summed E-state index contributed by atoms with van der Waals surface area (Å²) in [5.74, 6) is -0.713. The molecule has 2 nitrogen and oxygen atoms in total. The molecule has 1 N–H and O–H groups in total. The van der Waals surface area contributed by atoms with E-state index in [2.05, 4.69) is 11.4 Å². The zero-order valence-electron chi connectivity index (χ0n) is 10.7. The van der Waals surface area contributed by atoms with Gasteiger partial charge in [-0.3, -0.25) is 4.79 Å². The number of amides is 1. The number of carbonyl (C=O) groups is 1. The molecule has 1 aliphatic rings. The third kappa shape index (κ3) is 2.41. The molecule has 3 rings (SSSR count). The van der Waals surface area contributed by atoms with Crippen LogP contribution in [0.4, 0.5) is 4.39 Å². The third-order valence-electron chi connectivity index (χ3n) is 3.61. The topological polar surface area (TPSA) is 29.1 Å². The van der Waals surface area contributed by atoms with Gasteiger partial charge in [0.05, 0.1) is 16.6 Å². The molecule has 0 bridgehead atoms. The number of halogens is 2. The van der Waals surface area contributed by atoms with Gasteiger partial charge in [-0.05, 0) is 42.2 Å². The summed E-state index contributed by atoms with van der Waals surface area (Å²) < 4.78 is 13.0. The summed E-state index contributed by atoms with van der Waals surface area (Å²) in [4.78, 5) is 12.2. The molecular weight excluding hydrogens is 277 g/mol. The Bertz CT molecular complexity index is 671. The van der Waals surface area contributed by atoms with E-state index < -0.39 is 5.82 Å². The second-order valence-corrected chi connectivity index (χ2v) is 5.29. The number of carbonyl (C=O) groups excluding carboxylic acids is 1. The van der Waals surface area contributed by atoms with E-state index in [1.165, 1.54) is 17.7 Å². The van der Waals surface area contributed by atoms with Crippen LogP contribution in [0.1, 0.15) is 33.9 Å². The average molecular weight is 290 g/mol. The van der Waals surface area contributed by atoms with Crippen LogP contribution in [0.15, 0.2) is 42.5 Å². The van der Waals surface area contributed by atoms with Crippen molar-refractivity contribution in [3.63, 3.8) is 0 Å². The Morgan fingerprint density at radius 1 is 1.25 bits per heavy atom. The lowest BCUT2D eigenvalue weighted by Crippen LogP contribution is -2.27. The van der Waals surface area contributed by atoms with Crippen LogP contribution >= 0.6 is 11.6 Å². The maximum absolute atomic E-state index is 13.0. The summed E-state index contributed by atoms with van der Waals surface area (Å²) in [7, 11) is 0. The van der Waals surface area contributed by atoms with Crippen LogP contribution < -0.4 is 5.32 Å². The summed E-state index contributed by atoms with van der Waals surface area (Å²) in [6, 6.07) is 11.9. The minimum Gasteiger partial charge on any atom is -0.345 e. The Hall–Kier alpha value is -1.87. The summed E-state index contributed by atoms with van der Waals surface area (Å²) in [6.45, 7) is 0. The number of nitrogens with one attached hydrogen (secondary N) is 1. The fraction of sp³-hybridized carbons (Fsp3) is 0.188. The van der Waals surface area contributed by atoms with Crippen molar-refractivity contribution in [2.45, 2.75) is 18.9 Å². The minimum atomic E-state index is -0.447. The van der Waals surface area contributed by atoms with Gasteiger partial charge in [0.15, 0.2) is 0 Å². The lowest BCUT2D eigenvalue weighted by Gasteiger charge is -2.14. The molecule has 20 heavy (non-hydrogen) atoms. The minimum absolute atomic E-state index is 0.000167. The maximum atomic E-state index is 13.0. The highest BCUT2D eigenvalue weighted by atomic mass is 35.5. The molecule has 1 unspecified atom stereocenters. The smallest absolute Gasteiger partial charge is 0.253 e.